The van der Waals surface area contributed by atoms with Crippen molar-refractivity contribution in [3.63, 3.8) is 0 Å². The minimum absolute atomic E-state index is 0.0614. The number of nitrogens with one attached hydrogen (secondary N) is 3. The molecule has 0 bridgehead atoms. The van der Waals surface area contributed by atoms with Crippen LogP contribution < -0.4 is 21.7 Å². The average molecular weight is 656 g/mol. The van der Waals surface area contributed by atoms with Crippen LogP contribution in [-0.2, 0) is 9.59 Å². The molecule has 0 spiro atoms. The lowest BCUT2D eigenvalue weighted by atomic mass is 10.0. The molecule has 0 radical (unpaired) electrons. The van der Waals surface area contributed by atoms with Gasteiger partial charge in [-0.2, -0.15) is 0 Å². The van der Waals surface area contributed by atoms with E-state index in [1.165, 1.54) is 148 Å². The molecule has 0 heterocycles. The van der Waals surface area contributed by atoms with Gasteiger partial charge in [0, 0.05) is 31.3 Å². The molecule has 0 saturated heterocycles. The predicted octanol–water partition coefficient (Wildman–Crippen LogP) is 10.00. The summed E-state index contributed by atoms with van der Waals surface area (Å²) in [6, 6.07) is -0.596. The van der Waals surface area contributed by atoms with Gasteiger partial charge >= 0.3 is 0 Å². The standard InChI is InChI=1S/C37H74ClN5O2/c1-3-5-7-9-11-13-15-17-19-21-23-25-27-29-32-40-36(45)34(31-33-41-37(39)43-38)42-35(44)30-28-26-24-22-20-18-16-14-12-10-8-6-4-2/h34H,3-33H2,1-2H3,(H,40,45)(H,42,44)(H3,39,41,43). The van der Waals surface area contributed by atoms with Gasteiger partial charge < -0.3 is 21.7 Å². The van der Waals surface area contributed by atoms with Crippen molar-refractivity contribution in [2.75, 3.05) is 13.1 Å². The SMILES string of the molecule is CCCCCCCCCCCCCCCCNC(=O)C(CCN/C(N)=N/Cl)NC(=O)CCCCCCCCCCCCCCC. The number of unbranched alkanes of at least 4 members (excludes halogenated alkanes) is 25. The number of carbonyl (C=O) groups is 2. The second kappa shape index (κ2) is 35.4. The maximum atomic E-state index is 12.9. The number of hydrogen-bond donors (Lipinski definition) is 4. The monoisotopic (exact) mass is 656 g/mol. The normalized spacial score (nSPS) is 12.3. The Morgan fingerprint density at radius 1 is 0.556 bits per heavy atom. The van der Waals surface area contributed by atoms with Crippen molar-refractivity contribution in [1.29, 1.82) is 0 Å². The first kappa shape index (κ1) is 43.5. The fourth-order valence-corrected chi connectivity index (χ4v) is 5.93. The Hall–Kier alpha value is -1.50. The molecular weight excluding hydrogens is 582 g/mol. The molecule has 0 fully saturated rings. The van der Waals surface area contributed by atoms with Crippen molar-refractivity contribution < 1.29 is 9.59 Å². The number of amides is 2. The largest absolute Gasteiger partial charge is 0.369 e. The lowest BCUT2D eigenvalue weighted by Gasteiger charge is -2.19. The molecule has 8 heteroatoms. The van der Waals surface area contributed by atoms with E-state index in [1.54, 1.807) is 0 Å². The summed E-state index contributed by atoms with van der Waals surface area (Å²) < 4.78 is 3.38. The van der Waals surface area contributed by atoms with Crippen molar-refractivity contribution in [1.82, 2.24) is 16.0 Å². The van der Waals surface area contributed by atoms with Crippen LogP contribution in [0.3, 0.4) is 0 Å². The number of halogens is 1. The Morgan fingerprint density at radius 2 is 0.933 bits per heavy atom. The van der Waals surface area contributed by atoms with Gasteiger partial charge in [-0.1, -0.05) is 174 Å². The average Bonchev–Trinajstić information content (AvgIpc) is 3.04. The highest BCUT2D eigenvalue weighted by atomic mass is 35.5. The van der Waals surface area contributed by atoms with Gasteiger partial charge in [0.1, 0.15) is 6.04 Å². The first-order chi connectivity index (χ1) is 22.0. The van der Waals surface area contributed by atoms with Crippen LogP contribution in [0.25, 0.3) is 0 Å². The number of hydrogen-bond acceptors (Lipinski definition) is 3. The number of guanidine groups is 1. The van der Waals surface area contributed by atoms with Crippen LogP contribution in [0.5, 0.6) is 0 Å². The lowest BCUT2D eigenvalue weighted by Crippen LogP contribution is -2.48. The van der Waals surface area contributed by atoms with Crippen LogP contribution in [0.4, 0.5) is 0 Å². The zero-order valence-corrected chi connectivity index (χ0v) is 30.5. The zero-order chi connectivity index (χ0) is 33.1. The number of rotatable bonds is 34. The van der Waals surface area contributed by atoms with Crippen LogP contribution >= 0.6 is 11.8 Å². The molecule has 2 amide bonds. The van der Waals surface area contributed by atoms with Gasteiger partial charge in [0.05, 0.1) is 0 Å². The smallest absolute Gasteiger partial charge is 0.242 e. The molecule has 5 N–H and O–H groups in total. The van der Waals surface area contributed by atoms with Gasteiger partial charge in [-0.15, -0.1) is 4.51 Å². The van der Waals surface area contributed by atoms with Crippen molar-refractivity contribution >= 4 is 29.6 Å². The Morgan fingerprint density at radius 3 is 1.33 bits per heavy atom. The summed E-state index contributed by atoms with van der Waals surface area (Å²) in [5.41, 5.74) is 5.62. The van der Waals surface area contributed by atoms with Crippen molar-refractivity contribution in [2.45, 2.75) is 206 Å². The second-order valence-electron chi connectivity index (χ2n) is 13.2. The summed E-state index contributed by atoms with van der Waals surface area (Å²) in [5.74, 6) is -0.0863. The highest BCUT2D eigenvalue weighted by Crippen LogP contribution is 2.14. The number of carbonyl (C=O) groups excluding carboxylic acids is 2. The molecule has 0 aliphatic heterocycles. The third kappa shape index (κ3) is 32.2. The lowest BCUT2D eigenvalue weighted by molar-refractivity contribution is -0.129. The van der Waals surface area contributed by atoms with Crippen LogP contribution in [0.2, 0.25) is 0 Å². The molecule has 0 aromatic rings. The predicted molar refractivity (Wildman–Crippen MR) is 196 cm³/mol. The summed E-state index contributed by atoms with van der Waals surface area (Å²) in [6.07, 6.45) is 35.8. The van der Waals surface area contributed by atoms with Crippen molar-refractivity contribution in [2.24, 2.45) is 10.2 Å². The van der Waals surface area contributed by atoms with Gasteiger partial charge in [0.2, 0.25) is 17.8 Å². The Balaban J connectivity index is 4.00. The second-order valence-corrected chi connectivity index (χ2v) is 13.4. The van der Waals surface area contributed by atoms with E-state index >= 15 is 0 Å². The Kier molecular flexibility index (Phi) is 34.2. The van der Waals surface area contributed by atoms with Gasteiger partial charge in [0.25, 0.3) is 0 Å². The molecule has 0 saturated carbocycles. The van der Waals surface area contributed by atoms with E-state index in [0.29, 0.717) is 25.9 Å². The highest BCUT2D eigenvalue weighted by molar-refractivity contribution is 6.19. The van der Waals surface area contributed by atoms with Crippen LogP contribution in [0.15, 0.2) is 4.51 Å². The molecule has 0 aliphatic carbocycles. The molecule has 0 aromatic carbocycles. The quantitative estimate of drug-likeness (QED) is 0.0314. The summed E-state index contributed by atoms with van der Waals surface area (Å²) >= 11 is 5.39. The van der Waals surface area contributed by atoms with Gasteiger partial charge in [-0.05, 0) is 19.3 Å². The van der Waals surface area contributed by atoms with E-state index in [2.05, 4.69) is 34.3 Å². The summed E-state index contributed by atoms with van der Waals surface area (Å²) in [5, 5.41) is 8.85. The maximum Gasteiger partial charge on any atom is 0.242 e. The van der Waals surface area contributed by atoms with Crippen LogP contribution in [0, 0.1) is 0 Å². The topological polar surface area (TPSA) is 109 Å². The molecular formula is C37H74ClN5O2. The zero-order valence-electron chi connectivity index (χ0n) is 29.7. The molecule has 1 atom stereocenters. The minimum atomic E-state index is -0.596. The van der Waals surface area contributed by atoms with E-state index in [4.69, 9.17) is 17.5 Å². The molecule has 45 heavy (non-hydrogen) atoms. The summed E-state index contributed by atoms with van der Waals surface area (Å²) in [4.78, 5) is 25.5. The number of nitrogens with zero attached hydrogens (tertiary/aromatic N) is 1. The van der Waals surface area contributed by atoms with Crippen molar-refractivity contribution in [3.05, 3.63) is 0 Å². The number of nitrogens with two attached hydrogens (primary N) is 1. The van der Waals surface area contributed by atoms with Gasteiger partial charge in [-0.25, -0.2) is 0 Å². The third-order valence-corrected chi connectivity index (χ3v) is 9.00. The highest BCUT2D eigenvalue weighted by Gasteiger charge is 2.20. The minimum Gasteiger partial charge on any atom is -0.369 e. The Bertz CT molecular complexity index is 692. The van der Waals surface area contributed by atoms with E-state index < -0.39 is 6.04 Å². The third-order valence-electron chi connectivity index (χ3n) is 8.82. The molecule has 266 valence electrons. The van der Waals surface area contributed by atoms with Crippen LogP contribution in [-0.4, -0.2) is 36.9 Å². The van der Waals surface area contributed by atoms with E-state index in [-0.39, 0.29) is 17.8 Å². The summed E-state index contributed by atoms with van der Waals surface area (Å²) in [6.45, 7) is 5.58. The fourth-order valence-electron chi connectivity index (χ4n) is 5.87. The van der Waals surface area contributed by atoms with Gasteiger partial charge in [0.15, 0.2) is 0 Å². The van der Waals surface area contributed by atoms with Crippen LogP contribution in [0.1, 0.15) is 200 Å². The maximum absolute atomic E-state index is 12.9. The van der Waals surface area contributed by atoms with E-state index in [1.807, 2.05) is 0 Å². The molecule has 0 rings (SSSR count). The van der Waals surface area contributed by atoms with Gasteiger partial charge in [-0.3, -0.25) is 9.59 Å². The first-order valence-electron chi connectivity index (χ1n) is 19.3. The van der Waals surface area contributed by atoms with E-state index in [9.17, 15) is 9.59 Å². The Labute approximate surface area is 283 Å². The van der Waals surface area contributed by atoms with Crippen molar-refractivity contribution in [3.8, 4) is 0 Å². The van der Waals surface area contributed by atoms with E-state index in [0.717, 1.165) is 25.7 Å². The molecule has 1 unspecified atom stereocenters. The molecule has 0 aromatic heterocycles. The fraction of sp³-hybridized carbons (Fsp3) is 0.919. The summed E-state index contributed by atoms with van der Waals surface area (Å²) in [7, 11) is 0. The molecule has 7 nitrogen and oxygen atoms in total. The first-order valence-corrected chi connectivity index (χ1v) is 19.6. The molecule has 0 aliphatic rings.